The van der Waals surface area contributed by atoms with Crippen LogP contribution in [0.15, 0.2) is 24.3 Å². The van der Waals surface area contributed by atoms with Crippen LogP contribution in [0.5, 0.6) is 0 Å². The predicted molar refractivity (Wildman–Crippen MR) is 54.0 cm³/mol. The van der Waals surface area contributed by atoms with Crippen molar-refractivity contribution in [2.45, 2.75) is 13.3 Å². The molecule has 0 bridgehead atoms. The molecule has 14 heavy (non-hydrogen) atoms. The number of aldehydes is 1. The van der Waals surface area contributed by atoms with Crippen LogP contribution >= 0.6 is 0 Å². The number of carbonyl (C=O) groups excluding carboxylic acids is 2. The molecule has 0 aliphatic carbocycles. The zero-order valence-corrected chi connectivity index (χ0v) is 8.12. The van der Waals surface area contributed by atoms with Crippen molar-refractivity contribution >= 4 is 12.2 Å². The van der Waals surface area contributed by atoms with E-state index in [1.807, 2.05) is 31.2 Å². The summed E-state index contributed by atoms with van der Waals surface area (Å²) in [5.41, 5.74) is 2.39. The Bertz CT molecular complexity index is 334. The third-order valence-corrected chi connectivity index (χ3v) is 2.06. The quantitative estimate of drug-likeness (QED) is 0.566. The molecular formula is C11H13NO2. The van der Waals surface area contributed by atoms with E-state index >= 15 is 0 Å². The lowest BCUT2D eigenvalue weighted by atomic mass is 10.1. The molecule has 0 saturated heterocycles. The van der Waals surface area contributed by atoms with Gasteiger partial charge in [0.05, 0.1) is 0 Å². The van der Waals surface area contributed by atoms with Crippen LogP contribution in [-0.2, 0) is 16.0 Å². The van der Waals surface area contributed by atoms with E-state index in [1.54, 1.807) is 0 Å². The predicted octanol–water partition coefficient (Wildman–Crippen LogP) is 0.853. The normalized spacial score (nSPS) is 9.50. The molecule has 1 aromatic carbocycles. The van der Waals surface area contributed by atoms with Crippen molar-refractivity contribution in [3.8, 4) is 0 Å². The minimum absolute atomic E-state index is 0.290. The van der Waals surface area contributed by atoms with Gasteiger partial charge in [0.1, 0.15) is 0 Å². The lowest BCUT2D eigenvalue weighted by Crippen LogP contribution is -2.26. The zero-order chi connectivity index (χ0) is 10.4. The van der Waals surface area contributed by atoms with Crippen LogP contribution in [0.25, 0.3) is 0 Å². The Labute approximate surface area is 83.1 Å². The van der Waals surface area contributed by atoms with Gasteiger partial charge >= 0.3 is 0 Å². The zero-order valence-electron chi connectivity index (χ0n) is 8.12. The Hall–Kier alpha value is -1.64. The molecule has 3 heteroatoms. The van der Waals surface area contributed by atoms with E-state index in [4.69, 9.17) is 0 Å². The molecule has 0 aliphatic heterocycles. The highest BCUT2D eigenvalue weighted by Crippen LogP contribution is 2.06. The van der Waals surface area contributed by atoms with Gasteiger partial charge in [0, 0.05) is 6.54 Å². The van der Waals surface area contributed by atoms with Crippen LogP contribution in [-0.4, -0.2) is 18.7 Å². The topological polar surface area (TPSA) is 46.2 Å². The number of amides is 1. The first-order chi connectivity index (χ1) is 6.74. The van der Waals surface area contributed by atoms with Gasteiger partial charge in [-0.2, -0.15) is 0 Å². The lowest BCUT2D eigenvalue weighted by molar-refractivity contribution is -0.131. The smallest absolute Gasteiger partial charge is 0.284 e. The number of nitrogens with one attached hydrogen (secondary N) is 1. The number of rotatable bonds is 4. The van der Waals surface area contributed by atoms with E-state index in [-0.39, 0.29) is 6.29 Å². The van der Waals surface area contributed by atoms with Crippen molar-refractivity contribution in [2.24, 2.45) is 0 Å². The average Bonchev–Trinajstić information content (AvgIpc) is 2.20. The molecule has 0 fully saturated rings. The second kappa shape index (κ2) is 5.17. The van der Waals surface area contributed by atoms with Crippen molar-refractivity contribution in [3.05, 3.63) is 35.4 Å². The van der Waals surface area contributed by atoms with Gasteiger partial charge in [0.2, 0.25) is 6.29 Å². The van der Waals surface area contributed by atoms with Gasteiger partial charge in [0.25, 0.3) is 5.91 Å². The maximum atomic E-state index is 10.6. The van der Waals surface area contributed by atoms with E-state index in [0.29, 0.717) is 6.54 Å². The molecule has 1 N–H and O–H groups in total. The summed E-state index contributed by atoms with van der Waals surface area (Å²) in [5.74, 6) is -0.557. The van der Waals surface area contributed by atoms with Gasteiger partial charge in [-0.15, -0.1) is 0 Å². The molecule has 3 nitrogen and oxygen atoms in total. The first-order valence-electron chi connectivity index (χ1n) is 4.51. The van der Waals surface area contributed by atoms with Gasteiger partial charge in [-0.25, -0.2) is 0 Å². The second-order valence-electron chi connectivity index (χ2n) is 3.09. The first-order valence-corrected chi connectivity index (χ1v) is 4.51. The van der Waals surface area contributed by atoms with Gasteiger partial charge in [0.15, 0.2) is 0 Å². The van der Waals surface area contributed by atoms with E-state index in [2.05, 4.69) is 5.32 Å². The summed E-state index contributed by atoms with van der Waals surface area (Å²) >= 11 is 0. The first kappa shape index (κ1) is 10.4. The van der Waals surface area contributed by atoms with Crippen molar-refractivity contribution in [1.82, 2.24) is 5.32 Å². The third kappa shape index (κ3) is 3.01. The van der Waals surface area contributed by atoms with Crippen molar-refractivity contribution < 1.29 is 9.59 Å². The highest BCUT2D eigenvalue weighted by atomic mass is 16.2. The maximum Gasteiger partial charge on any atom is 0.284 e. The van der Waals surface area contributed by atoms with Crippen LogP contribution in [0.2, 0.25) is 0 Å². The number of benzene rings is 1. The molecule has 0 saturated carbocycles. The van der Waals surface area contributed by atoms with Crippen LogP contribution < -0.4 is 5.32 Å². The molecule has 1 rings (SSSR count). The third-order valence-electron chi connectivity index (χ3n) is 2.06. The Morgan fingerprint density at radius 2 is 2.14 bits per heavy atom. The van der Waals surface area contributed by atoms with Crippen molar-refractivity contribution in [3.63, 3.8) is 0 Å². The molecular weight excluding hydrogens is 178 g/mol. The minimum Gasteiger partial charge on any atom is -0.349 e. The number of hydrogen-bond acceptors (Lipinski definition) is 2. The van der Waals surface area contributed by atoms with Crippen molar-refractivity contribution in [1.29, 1.82) is 0 Å². The summed E-state index contributed by atoms with van der Waals surface area (Å²) in [6.45, 7) is 2.53. The van der Waals surface area contributed by atoms with Gasteiger partial charge in [-0.05, 0) is 24.5 Å². The van der Waals surface area contributed by atoms with Crippen LogP contribution in [0.4, 0.5) is 0 Å². The van der Waals surface area contributed by atoms with Crippen molar-refractivity contribution in [2.75, 3.05) is 6.54 Å². The van der Waals surface area contributed by atoms with E-state index in [0.717, 1.165) is 6.42 Å². The molecule has 0 unspecified atom stereocenters. The molecule has 0 atom stereocenters. The molecule has 1 amide bonds. The van der Waals surface area contributed by atoms with E-state index in [1.165, 1.54) is 11.1 Å². The fourth-order valence-corrected chi connectivity index (χ4v) is 1.25. The minimum atomic E-state index is -0.557. The standard InChI is InChI=1S/C11H13NO2/c1-9-4-2-3-5-10(9)6-7-12-11(14)8-13/h2-5,8H,6-7H2,1H3,(H,12,14). The lowest BCUT2D eigenvalue weighted by Gasteiger charge is -2.04. The maximum absolute atomic E-state index is 10.6. The second-order valence-corrected chi connectivity index (χ2v) is 3.09. The SMILES string of the molecule is Cc1ccccc1CCNC(=O)C=O. The largest absolute Gasteiger partial charge is 0.349 e. The summed E-state index contributed by atoms with van der Waals surface area (Å²) in [4.78, 5) is 20.6. The fourth-order valence-electron chi connectivity index (χ4n) is 1.25. The monoisotopic (exact) mass is 191 g/mol. The van der Waals surface area contributed by atoms with Gasteiger partial charge in [-0.3, -0.25) is 9.59 Å². The van der Waals surface area contributed by atoms with E-state index in [9.17, 15) is 9.59 Å². The fraction of sp³-hybridized carbons (Fsp3) is 0.273. The molecule has 0 spiro atoms. The number of carbonyl (C=O) groups is 2. The molecule has 0 aromatic heterocycles. The van der Waals surface area contributed by atoms with Crippen LogP contribution in [0, 0.1) is 6.92 Å². The van der Waals surface area contributed by atoms with Gasteiger partial charge < -0.3 is 5.32 Å². The number of aryl methyl sites for hydroxylation is 1. The Balaban J connectivity index is 2.42. The van der Waals surface area contributed by atoms with Crippen LogP contribution in [0.3, 0.4) is 0 Å². The molecule has 1 aromatic rings. The summed E-state index contributed by atoms with van der Waals surface area (Å²) in [6.07, 6.45) is 1.05. The van der Waals surface area contributed by atoms with E-state index < -0.39 is 5.91 Å². The Morgan fingerprint density at radius 1 is 1.43 bits per heavy atom. The molecule has 0 radical (unpaired) electrons. The summed E-state index contributed by atoms with van der Waals surface area (Å²) in [6, 6.07) is 7.98. The van der Waals surface area contributed by atoms with Gasteiger partial charge in [-0.1, -0.05) is 24.3 Å². The highest BCUT2D eigenvalue weighted by Gasteiger charge is 1.99. The Kier molecular flexibility index (Phi) is 3.85. The highest BCUT2D eigenvalue weighted by molar-refractivity contribution is 6.23. The molecule has 74 valence electrons. The molecule has 0 heterocycles. The Morgan fingerprint density at radius 3 is 2.79 bits per heavy atom. The summed E-state index contributed by atoms with van der Waals surface area (Å²) < 4.78 is 0. The summed E-state index contributed by atoms with van der Waals surface area (Å²) in [5, 5.41) is 2.50. The number of hydrogen-bond donors (Lipinski definition) is 1. The average molecular weight is 191 g/mol. The molecule has 0 aliphatic rings. The summed E-state index contributed by atoms with van der Waals surface area (Å²) in [7, 11) is 0. The van der Waals surface area contributed by atoms with Crippen LogP contribution in [0.1, 0.15) is 11.1 Å².